The van der Waals surface area contributed by atoms with Crippen LogP contribution in [-0.2, 0) is 0 Å². The molecule has 0 aliphatic carbocycles. The van der Waals surface area contributed by atoms with Crippen LogP contribution in [0.2, 0.25) is 0 Å². The summed E-state index contributed by atoms with van der Waals surface area (Å²) in [7, 11) is 3.17. The number of aromatic nitrogens is 1. The van der Waals surface area contributed by atoms with Crippen molar-refractivity contribution in [3.05, 3.63) is 29.5 Å². The zero-order valence-electron chi connectivity index (χ0n) is 10.9. The Bertz CT molecular complexity index is 620. The Labute approximate surface area is 106 Å². The molecule has 2 aromatic rings. The lowest BCUT2D eigenvalue weighted by atomic mass is 10.1. The Morgan fingerprint density at radius 3 is 2.28 bits per heavy atom. The van der Waals surface area contributed by atoms with Crippen LogP contribution in [0.5, 0.6) is 11.5 Å². The third-order valence-electron chi connectivity index (χ3n) is 2.88. The maximum Gasteiger partial charge on any atom is 0.178 e. The SMILES string of the molecule is COc1cc2nc(C(C)=O)cc(C)c2cc1OC. The van der Waals surface area contributed by atoms with Gasteiger partial charge < -0.3 is 9.47 Å². The third kappa shape index (κ3) is 2.01. The number of rotatable bonds is 3. The molecule has 1 aromatic carbocycles. The molecule has 1 aromatic heterocycles. The van der Waals surface area contributed by atoms with E-state index in [1.54, 1.807) is 26.4 Å². The molecular formula is C14H15NO3. The van der Waals surface area contributed by atoms with Crippen LogP contribution in [0.4, 0.5) is 0 Å². The molecule has 4 heteroatoms. The van der Waals surface area contributed by atoms with E-state index in [1.165, 1.54) is 6.92 Å². The molecule has 0 N–H and O–H groups in total. The summed E-state index contributed by atoms with van der Waals surface area (Å²) in [6.07, 6.45) is 0. The lowest BCUT2D eigenvalue weighted by Crippen LogP contribution is -1.99. The summed E-state index contributed by atoms with van der Waals surface area (Å²) < 4.78 is 10.5. The summed E-state index contributed by atoms with van der Waals surface area (Å²) >= 11 is 0. The standard InChI is InChI=1S/C14H15NO3/c1-8-5-11(9(2)16)15-12-7-14(18-4)13(17-3)6-10(8)12/h5-7H,1-4H3. The lowest BCUT2D eigenvalue weighted by Gasteiger charge is -2.11. The number of carbonyl (C=O) groups is 1. The molecule has 0 aliphatic heterocycles. The fourth-order valence-electron chi connectivity index (χ4n) is 1.90. The van der Waals surface area contributed by atoms with Crippen molar-refractivity contribution in [2.75, 3.05) is 14.2 Å². The first-order valence-electron chi connectivity index (χ1n) is 5.61. The van der Waals surface area contributed by atoms with Crippen molar-refractivity contribution in [1.82, 2.24) is 4.98 Å². The Hall–Kier alpha value is -2.10. The fraction of sp³-hybridized carbons (Fsp3) is 0.286. The maximum atomic E-state index is 11.4. The Morgan fingerprint density at radius 1 is 1.11 bits per heavy atom. The van der Waals surface area contributed by atoms with Gasteiger partial charge in [-0.05, 0) is 24.6 Å². The van der Waals surface area contributed by atoms with E-state index in [0.717, 1.165) is 16.5 Å². The Kier molecular flexibility index (Phi) is 3.19. The summed E-state index contributed by atoms with van der Waals surface area (Å²) in [6, 6.07) is 5.45. The molecule has 0 radical (unpaired) electrons. The molecule has 0 amide bonds. The van der Waals surface area contributed by atoms with E-state index in [9.17, 15) is 4.79 Å². The number of fused-ring (bicyclic) bond motifs is 1. The summed E-state index contributed by atoms with van der Waals surface area (Å²) in [5.41, 5.74) is 2.19. The summed E-state index contributed by atoms with van der Waals surface area (Å²) in [4.78, 5) is 15.7. The molecular weight excluding hydrogens is 230 g/mol. The van der Waals surface area contributed by atoms with Gasteiger partial charge in [0.25, 0.3) is 0 Å². The zero-order chi connectivity index (χ0) is 13.3. The van der Waals surface area contributed by atoms with Crippen LogP contribution in [-0.4, -0.2) is 25.0 Å². The highest BCUT2D eigenvalue weighted by atomic mass is 16.5. The van der Waals surface area contributed by atoms with E-state index in [4.69, 9.17) is 9.47 Å². The molecule has 0 fully saturated rings. The number of hydrogen-bond donors (Lipinski definition) is 0. The van der Waals surface area contributed by atoms with Crippen molar-refractivity contribution in [3.63, 3.8) is 0 Å². The van der Waals surface area contributed by atoms with Crippen molar-refractivity contribution >= 4 is 16.7 Å². The van der Waals surface area contributed by atoms with E-state index in [0.29, 0.717) is 17.2 Å². The predicted octanol–water partition coefficient (Wildman–Crippen LogP) is 2.76. The number of ketones is 1. The highest BCUT2D eigenvalue weighted by molar-refractivity contribution is 5.96. The molecule has 0 unspecified atom stereocenters. The fourth-order valence-corrected chi connectivity index (χ4v) is 1.90. The van der Waals surface area contributed by atoms with Crippen LogP contribution in [0.25, 0.3) is 10.9 Å². The maximum absolute atomic E-state index is 11.4. The number of Topliss-reactive ketones (excluding diaryl/α,β-unsaturated/α-hetero) is 1. The van der Waals surface area contributed by atoms with Gasteiger partial charge in [0, 0.05) is 18.4 Å². The number of nitrogens with zero attached hydrogens (tertiary/aromatic N) is 1. The van der Waals surface area contributed by atoms with Crippen LogP contribution < -0.4 is 9.47 Å². The molecule has 0 aliphatic rings. The number of hydrogen-bond acceptors (Lipinski definition) is 4. The van der Waals surface area contributed by atoms with Crippen LogP contribution >= 0.6 is 0 Å². The van der Waals surface area contributed by atoms with Crippen LogP contribution in [0.1, 0.15) is 23.0 Å². The van der Waals surface area contributed by atoms with Crippen LogP contribution in [0.15, 0.2) is 18.2 Å². The smallest absolute Gasteiger partial charge is 0.178 e. The van der Waals surface area contributed by atoms with E-state index >= 15 is 0 Å². The molecule has 0 atom stereocenters. The van der Waals surface area contributed by atoms with Crippen LogP contribution in [0, 0.1) is 6.92 Å². The summed E-state index contributed by atoms with van der Waals surface area (Å²) in [5.74, 6) is 1.22. The van der Waals surface area contributed by atoms with E-state index in [1.807, 2.05) is 13.0 Å². The topological polar surface area (TPSA) is 48.4 Å². The van der Waals surface area contributed by atoms with Gasteiger partial charge in [-0.1, -0.05) is 0 Å². The first-order chi connectivity index (χ1) is 8.56. The Morgan fingerprint density at radius 2 is 1.72 bits per heavy atom. The van der Waals surface area contributed by atoms with Gasteiger partial charge in [0.15, 0.2) is 17.3 Å². The first kappa shape index (κ1) is 12.4. The van der Waals surface area contributed by atoms with Crippen LogP contribution in [0.3, 0.4) is 0 Å². The quantitative estimate of drug-likeness (QED) is 0.780. The minimum atomic E-state index is -0.0465. The minimum absolute atomic E-state index is 0.0465. The highest BCUT2D eigenvalue weighted by Gasteiger charge is 2.11. The molecule has 94 valence electrons. The molecule has 1 heterocycles. The number of carbonyl (C=O) groups excluding carboxylic acids is 1. The van der Waals surface area contributed by atoms with Crippen molar-refractivity contribution in [1.29, 1.82) is 0 Å². The molecule has 4 nitrogen and oxygen atoms in total. The second-order valence-corrected chi connectivity index (χ2v) is 4.10. The Balaban J connectivity index is 2.76. The third-order valence-corrected chi connectivity index (χ3v) is 2.88. The molecule has 18 heavy (non-hydrogen) atoms. The average Bonchev–Trinajstić information content (AvgIpc) is 2.36. The summed E-state index contributed by atoms with van der Waals surface area (Å²) in [6.45, 7) is 3.46. The number of methoxy groups -OCH3 is 2. The van der Waals surface area contributed by atoms with Gasteiger partial charge in [-0.15, -0.1) is 0 Å². The molecule has 2 rings (SSSR count). The number of ether oxygens (including phenoxy) is 2. The second-order valence-electron chi connectivity index (χ2n) is 4.10. The average molecular weight is 245 g/mol. The monoisotopic (exact) mass is 245 g/mol. The normalized spacial score (nSPS) is 10.4. The summed E-state index contributed by atoms with van der Waals surface area (Å²) in [5, 5.41) is 0.956. The van der Waals surface area contributed by atoms with Gasteiger partial charge >= 0.3 is 0 Å². The van der Waals surface area contributed by atoms with E-state index in [2.05, 4.69) is 4.98 Å². The van der Waals surface area contributed by atoms with Crippen molar-refractivity contribution in [3.8, 4) is 11.5 Å². The van der Waals surface area contributed by atoms with Gasteiger partial charge in [0.05, 0.1) is 19.7 Å². The first-order valence-corrected chi connectivity index (χ1v) is 5.61. The number of aryl methyl sites for hydroxylation is 1. The highest BCUT2D eigenvalue weighted by Crippen LogP contribution is 2.32. The van der Waals surface area contributed by atoms with Gasteiger partial charge in [0.1, 0.15) is 5.69 Å². The molecule has 0 saturated carbocycles. The van der Waals surface area contributed by atoms with Crippen molar-refractivity contribution in [2.24, 2.45) is 0 Å². The zero-order valence-corrected chi connectivity index (χ0v) is 10.9. The molecule has 0 spiro atoms. The van der Waals surface area contributed by atoms with Gasteiger partial charge in [-0.3, -0.25) is 4.79 Å². The minimum Gasteiger partial charge on any atom is -0.493 e. The van der Waals surface area contributed by atoms with Gasteiger partial charge in [-0.2, -0.15) is 0 Å². The van der Waals surface area contributed by atoms with Crippen molar-refractivity contribution < 1.29 is 14.3 Å². The number of benzene rings is 1. The predicted molar refractivity (Wildman–Crippen MR) is 69.6 cm³/mol. The van der Waals surface area contributed by atoms with E-state index < -0.39 is 0 Å². The van der Waals surface area contributed by atoms with Gasteiger partial charge in [0.2, 0.25) is 0 Å². The van der Waals surface area contributed by atoms with E-state index in [-0.39, 0.29) is 5.78 Å². The largest absolute Gasteiger partial charge is 0.493 e. The lowest BCUT2D eigenvalue weighted by molar-refractivity contribution is 0.101. The second kappa shape index (κ2) is 4.64. The molecule has 0 saturated heterocycles. The molecule has 0 bridgehead atoms. The van der Waals surface area contributed by atoms with Gasteiger partial charge in [-0.25, -0.2) is 4.98 Å². The number of pyridine rings is 1. The van der Waals surface area contributed by atoms with Crippen molar-refractivity contribution in [2.45, 2.75) is 13.8 Å².